The van der Waals surface area contributed by atoms with E-state index in [9.17, 15) is 13.5 Å². The summed E-state index contributed by atoms with van der Waals surface area (Å²) in [6, 6.07) is 3.66. The van der Waals surface area contributed by atoms with Crippen molar-refractivity contribution in [3.05, 3.63) is 28.2 Å². The predicted molar refractivity (Wildman–Crippen MR) is 72.0 cm³/mol. The van der Waals surface area contributed by atoms with Crippen LogP contribution in [0.4, 0.5) is 0 Å². The van der Waals surface area contributed by atoms with E-state index in [-0.39, 0.29) is 41.3 Å². The molecule has 1 aliphatic heterocycles. The van der Waals surface area contributed by atoms with Gasteiger partial charge in [0.25, 0.3) is 0 Å². The van der Waals surface area contributed by atoms with Gasteiger partial charge in [-0.15, -0.1) is 0 Å². The Morgan fingerprint density at radius 1 is 1.42 bits per heavy atom. The number of rotatable bonds is 3. The second-order valence-corrected chi connectivity index (χ2v) is 6.80. The molecule has 5 nitrogen and oxygen atoms in total. The van der Waals surface area contributed by atoms with Gasteiger partial charge in [-0.1, -0.05) is 23.2 Å². The summed E-state index contributed by atoms with van der Waals surface area (Å²) in [5.41, 5.74) is 0. The van der Waals surface area contributed by atoms with Crippen LogP contribution in [0.25, 0.3) is 0 Å². The van der Waals surface area contributed by atoms with Crippen LogP contribution in [0.2, 0.25) is 10.0 Å². The van der Waals surface area contributed by atoms with Crippen molar-refractivity contribution in [3.63, 3.8) is 0 Å². The third kappa shape index (κ3) is 3.04. The van der Waals surface area contributed by atoms with Gasteiger partial charge in [-0.2, -0.15) is 4.31 Å². The molecule has 0 bridgehead atoms. The van der Waals surface area contributed by atoms with Crippen molar-refractivity contribution in [1.82, 2.24) is 4.31 Å². The number of morpholine rings is 1. The minimum atomic E-state index is -3.80. The Morgan fingerprint density at radius 2 is 2.16 bits per heavy atom. The zero-order chi connectivity index (χ0) is 14.0. The number of halogens is 2. The number of hydrogen-bond acceptors (Lipinski definition) is 4. The zero-order valence-corrected chi connectivity index (χ0v) is 12.2. The molecule has 1 atom stereocenters. The normalized spacial score (nSPS) is 21.5. The Hall–Kier alpha value is -0.370. The molecule has 0 amide bonds. The predicted octanol–water partition coefficient (Wildman–Crippen LogP) is 1.38. The number of aliphatic hydroxyl groups is 1. The molecule has 1 aromatic rings. The summed E-state index contributed by atoms with van der Waals surface area (Å²) in [5, 5.41) is 9.64. The summed E-state index contributed by atoms with van der Waals surface area (Å²) in [6.07, 6.45) is 0. The number of sulfonamides is 1. The van der Waals surface area contributed by atoms with Crippen LogP contribution in [0, 0.1) is 0 Å². The molecule has 0 spiro atoms. The molecule has 0 radical (unpaired) electrons. The molecule has 0 saturated carbocycles. The van der Waals surface area contributed by atoms with Gasteiger partial charge < -0.3 is 9.84 Å². The van der Waals surface area contributed by atoms with Crippen LogP contribution in [-0.2, 0) is 14.8 Å². The molecule has 0 aromatic heterocycles. The highest BCUT2D eigenvalue weighted by Crippen LogP contribution is 2.29. The van der Waals surface area contributed by atoms with E-state index >= 15 is 0 Å². The maximum absolute atomic E-state index is 12.5. The van der Waals surface area contributed by atoms with Crippen LogP contribution in [0.5, 0.6) is 0 Å². The van der Waals surface area contributed by atoms with E-state index in [1.807, 2.05) is 0 Å². The van der Waals surface area contributed by atoms with Crippen LogP contribution in [0.3, 0.4) is 0 Å². The summed E-state index contributed by atoms with van der Waals surface area (Å²) in [7, 11) is -3.80. The van der Waals surface area contributed by atoms with Gasteiger partial charge in [-0.3, -0.25) is 0 Å². The molecule has 1 heterocycles. The van der Waals surface area contributed by atoms with Gasteiger partial charge in [0.1, 0.15) is 4.90 Å². The third-order valence-electron chi connectivity index (χ3n) is 2.86. The lowest BCUT2D eigenvalue weighted by atomic mass is 10.3. The molecule has 106 valence electrons. The quantitative estimate of drug-likeness (QED) is 0.911. The van der Waals surface area contributed by atoms with Crippen molar-refractivity contribution < 1.29 is 18.3 Å². The lowest BCUT2D eigenvalue weighted by Gasteiger charge is -2.33. The van der Waals surface area contributed by atoms with E-state index in [1.165, 1.54) is 22.5 Å². The summed E-state index contributed by atoms with van der Waals surface area (Å²) in [6.45, 7) is 0.315. The zero-order valence-electron chi connectivity index (χ0n) is 9.92. The van der Waals surface area contributed by atoms with Crippen LogP contribution in [0.1, 0.15) is 0 Å². The summed E-state index contributed by atoms with van der Waals surface area (Å²) < 4.78 is 31.5. The highest BCUT2D eigenvalue weighted by molar-refractivity contribution is 7.89. The molecule has 19 heavy (non-hydrogen) atoms. The molecule has 0 aliphatic carbocycles. The van der Waals surface area contributed by atoms with E-state index in [0.717, 1.165) is 0 Å². The fourth-order valence-corrected chi connectivity index (χ4v) is 4.23. The van der Waals surface area contributed by atoms with Gasteiger partial charge >= 0.3 is 0 Å². The van der Waals surface area contributed by atoms with E-state index in [4.69, 9.17) is 27.9 Å². The van der Waals surface area contributed by atoms with Crippen molar-refractivity contribution in [2.24, 2.45) is 0 Å². The highest BCUT2D eigenvalue weighted by atomic mass is 35.5. The van der Waals surface area contributed by atoms with E-state index in [1.54, 1.807) is 0 Å². The van der Waals surface area contributed by atoms with E-state index in [2.05, 4.69) is 0 Å². The van der Waals surface area contributed by atoms with Crippen LogP contribution in [0.15, 0.2) is 23.1 Å². The summed E-state index contributed by atoms with van der Waals surface area (Å²) >= 11 is 11.7. The average Bonchev–Trinajstić information content (AvgIpc) is 2.41. The van der Waals surface area contributed by atoms with Gasteiger partial charge in [-0.25, -0.2) is 8.42 Å². The Balaban J connectivity index is 2.43. The smallest absolute Gasteiger partial charge is 0.245 e. The molecule has 1 aromatic carbocycles. The summed E-state index contributed by atoms with van der Waals surface area (Å²) in [5.74, 6) is 0. The number of aliphatic hydroxyl groups excluding tert-OH is 1. The molecule has 1 N–H and O–H groups in total. The molecular formula is C11H13Cl2NO4S. The fourth-order valence-electron chi connectivity index (χ4n) is 1.90. The van der Waals surface area contributed by atoms with Crippen molar-refractivity contribution in [3.8, 4) is 0 Å². The first-order valence-corrected chi connectivity index (χ1v) is 7.82. The molecule has 1 saturated heterocycles. The Kier molecular flexibility index (Phi) is 4.70. The molecule has 1 aliphatic rings. The second kappa shape index (κ2) is 5.95. The van der Waals surface area contributed by atoms with Gasteiger partial charge in [-0.05, 0) is 18.2 Å². The minimum Gasteiger partial charge on any atom is -0.395 e. The van der Waals surface area contributed by atoms with Gasteiger partial charge in [0.05, 0.1) is 30.9 Å². The molecular weight excluding hydrogens is 313 g/mol. The van der Waals surface area contributed by atoms with Crippen molar-refractivity contribution in [1.29, 1.82) is 0 Å². The lowest BCUT2D eigenvalue weighted by Crippen LogP contribution is -2.50. The SMILES string of the molecule is O=S(=O)(c1cc(Cl)ccc1Cl)N1CCOCC1CO. The largest absolute Gasteiger partial charge is 0.395 e. The minimum absolute atomic E-state index is 0.0537. The molecule has 2 rings (SSSR count). The number of ether oxygens (including phenoxy) is 1. The first-order valence-electron chi connectivity index (χ1n) is 5.62. The maximum Gasteiger partial charge on any atom is 0.245 e. The summed E-state index contributed by atoms with van der Waals surface area (Å²) in [4.78, 5) is -0.0537. The first kappa shape index (κ1) is 15.0. The first-order chi connectivity index (χ1) is 8.96. The Labute approximate surface area is 121 Å². The second-order valence-electron chi connectivity index (χ2n) is 4.10. The Morgan fingerprint density at radius 3 is 2.84 bits per heavy atom. The third-order valence-corrected chi connectivity index (χ3v) is 5.53. The number of nitrogens with zero attached hydrogens (tertiary/aromatic N) is 1. The molecule has 1 fully saturated rings. The van der Waals surface area contributed by atoms with Crippen LogP contribution in [-0.4, -0.2) is 50.2 Å². The maximum atomic E-state index is 12.5. The van der Waals surface area contributed by atoms with Crippen molar-refractivity contribution in [2.45, 2.75) is 10.9 Å². The fraction of sp³-hybridized carbons (Fsp3) is 0.455. The molecule has 1 unspecified atom stereocenters. The Bertz CT molecular complexity index is 564. The van der Waals surface area contributed by atoms with Gasteiger partial charge in [0.2, 0.25) is 10.0 Å². The van der Waals surface area contributed by atoms with Crippen LogP contribution < -0.4 is 0 Å². The monoisotopic (exact) mass is 325 g/mol. The molecule has 8 heteroatoms. The van der Waals surface area contributed by atoms with E-state index in [0.29, 0.717) is 0 Å². The average molecular weight is 326 g/mol. The van der Waals surface area contributed by atoms with Gasteiger partial charge in [0, 0.05) is 11.6 Å². The van der Waals surface area contributed by atoms with Crippen molar-refractivity contribution >= 4 is 33.2 Å². The lowest BCUT2D eigenvalue weighted by molar-refractivity contribution is 0.0109. The van der Waals surface area contributed by atoms with E-state index < -0.39 is 16.1 Å². The van der Waals surface area contributed by atoms with Crippen LogP contribution >= 0.6 is 23.2 Å². The number of hydrogen-bond donors (Lipinski definition) is 1. The number of benzene rings is 1. The van der Waals surface area contributed by atoms with Crippen molar-refractivity contribution in [2.75, 3.05) is 26.4 Å². The standard InChI is InChI=1S/C11H13Cl2NO4S/c12-8-1-2-10(13)11(5-8)19(16,17)14-3-4-18-7-9(14)6-15/h1-2,5,9,15H,3-4,6-7H2. The topological polar surface area (TPSA) is 66.8 Å². The van der Waals surface area contributed by atoms with Gasteiger partial charge in [0.15, 0.2) is 0 Å². The highest BCUT2D eigenvalue weighted by Gasteiger charge is 2.34.